The maximum Gasteiger partial charge on any atom is 0.0995 e. The van der Waals surface area contributed by atoms with Crippen LogP contribution >= 0.6 is 11.6 Å². The second-order valence-corrected chi connectivity index (χ2v) is 9.42. The molecule has 0 spiro atoms. The molecule has 0 bridgehead atoms. The standard InChI is InChI=1S/C26H34ClN5/c1-3-29-12-14-32(15-13-29)25-6-5-23(18-28)24(17-25)20-31-10-8-30(9-11-31)19-22-4-7-26(27)21(2)16-22/h4-7,16-17H,3,8-15,19-20H2,1-2H3. The lowest BCUT2D eigenvalue weighted by atomic mass is 10.1. The van der Waals surface area contributed by atoms with Gasteiger partial charge in [0.05, 0.1) is 11.6 Å². The Morgan fingerprint density at radius 3 is 2.12 bits per heavy atom. The van der Waals surface area contributed by atoms with Crippen molar-refractivity contribution in [3.05, 3.63) is 63.7 Å². The van der Waals surface area contributed by atoms with E-state index in [1.54, 1.807) is 0 Å². The summed E-state index contributed by atoms with van der Waals surface area (Å²) in [6.07, 6.45) is 0. The van der Waals surface area contributed by atoms with Gasteiger partial charge in [0.25, 0.3) is 0 Å². The van der Waals surface area contributed by atoms with Gasteiger partial charge < -0.3 is 9.80 Å². The summed E-state index contributed by atoms with van der Waals surface area (Å²) in [4.78, 5) is 9.95. The number of hydrogen-bond acceptors (Lipinski definition) is 5. The van der Waals surface area contributed by atoms with Crippen LogP contribution < -0.4 is 4.90 Å². The summed E-state index contributed by atoms with van der Waals surface area (Å²) in [6, 6.07) is 15.1. The van der Waals surface area contributed by atoms with Crippen LogP contribution in [-0.4, -0.2) is 73.6 Å². The van der Waals surface area contributed by atoms with Gasteiger partial charge in [-0.3, -0.25) is 9.80 Å². The Hall–Kier alpha value is -2.10. The maximum absolute atomic E-state index is 9.66. The quantitative estimate of drug-likeness (QED) is 0.664. The molecule has 0 radical (unpaired) electrons. The predicted octanol–water partition coefficient (Wildman–Crippen LogP) is 3.98. The lowest BCUT2D eigenvalue weighted by Crippen LogP contribution is -2.46. The van der Waals surface area contributed by atoms with Crippen molar-refractivity contribution in [1.29, 1.82) is 5.26 Å². The topological polar surface area (TPSA) is 36.8 Å². The van der Waals surface area contributed by atoms with Gasteiger partial charge in [-0.2, -0.15) is 5.26 Å². The molecule has 0 unspecified atom stereocenters. The minimum Gasteiger partial charge on any atom is -0.369 e. The number of nitrogens with zero attached hydrogens (tertiary/aromatic N) is 5. The molecule has 0 amide bonds. The summed E-state index contributed by atoms with van der Waals surface area (Å²) in [5.41, 5.74) is 5.68. The number of halogens is 1. The molecule has 170 valence electrons. The largest absolute Gasteiger partial charge is 0.369 e. The van der Waals surface area contributed by atoms with Crippen molar-refractivity contribution in [2.24, 2.45) is 0 Å². The Morgan fingerprint density at radius 1 is 0.844 bits per heavy atom. The van der Waals surface area contributed by atoms with E-state index in [1.165, 1.54) is 11.3 Å². The van der Waals surface area contributed by atoms with E-state index in [9.17, 15) is 5.26 Å². The van der Waals surface area contributed by atoms with E-state index in [0.29, 0.717) is 0 Å². The molecular weight excluding hydrogens is 418 g/mol. The van der Waals surface area contributed by atoms with Crippen LogP contribution in [0.1, 0.15) is 29.2 Å². The Morgan fingerprint density at radius 2 is 1.50 bits per heavy atom. The molecule has 0 N–H and O–H groups in total. The van der Waals surface area contributed by atoms with E-state index in [-0.39, 0.29) is 0 Å². The molecule has 2 aliphatic heterocycles. The Labute approximate surface area is 197 Å². The number of likely N-dealkylation sites (N-methyl/N-ethyl adjacent to an activating group) is 1. The first-order valence-corrected chi connectivity index (χ1v) is 12.1. The first-order chi connectivity index (χ1) is 15.6. The number of aryl methyl sites for hydroxylation is 1. The molecule has 2 heterocycles. The Kier molecular flexibility index (Phi) is 7.70. The van der Waals surface area contributed by atoms with Crippen LogP contribution in [0.5, 0.6) is 0 Å². The van der Waals surface area contributed by atoms with E-state index in [1.807, 2.05) is 12.1 Å². The zero-order chi connectivity index (χ0) is 22.5. The molecule has 2 fully saturated rings. The summed E-state index contributed by atoms with van der Waals surface area (Å²) in [7, 11) is 0. The van der Waals surface area contributed by atoms with Gasteiger partial charge in [0.2, 0.25) is 0 Å². The minimum absolute atomic E-state index is 0.806. The molecule has 0 aliphatic carbocycles. The van der Waals surface area contributed by atoms with Crippen LogP contribution in [0.2, 0.25) is 5.02 Å². The molecule has 4 rings (SSSR count). The fourth-order valence-electron chi connectivity index (χ4n) is 4.75. The van der Waals surface area contributed by atoms with Gasteiger partial charge in [-0.15, -0.1) is 0 Å². The average molecular weight is 452 g/mol. The molecular formula is C26H34ClN5. The normalized spacial score (nSPS) is 18.6. The van der Waals surface area contributed by atoms with Crippen molar-refractivity contribution in [3.8, 4) is 6.07 Å². The van der Waals surface area contributed by atoms with E-state index in [2.05, 4.69) is 63.8 Å². The van der Waals surface area contributed by atoms with Gasteiger partial charge in [0.15, 0.2) is 0 Å². The number of hydrogen-bond donors (Lipinski definition) is 0. The number of piperazine rings is 2. The van der Waals surface area contributed by atoms with Crippen molar-refractivity contribution < 1.29 is 0 Å². The third kappa shape index (κ3) is 5.63. The molecule has 2 aliphatic rings. The zero-order valence-corrected chi connectivity index (χ0v) is 20.1. The molecule has 2 saturated heterocycles. The fraction of sp³-hybridized carbons (Fsp3) is 0.500. The maximum atomic E-state index is 9.66. The predicted molar refractivity (Wildman–Crippen MR) is 132 cm³/mol. The van der Waals surface area contributed by atoms with E-state index in [0.717, 1.165) is 93.7 Å². The van der Waals surface area contributed by atoms with Gasteiger partial charge in [-0.05, 0) is 54.4 Å². The van der Waals surface area contributed by atoms with Crippen molar-refractivity contribution >= 4 is 17.3 Å². The van der Waals surface area contributed by atoms with Crippen LogP contribution in [0, 0.1) is 18.3 Å². The third-order valence-corrected chi connectivity index (χ3v) is 7.31. The average Bonchev–Trinajstić information content (AvgIpc) is 2.83. The SMILES string of the molecule is CCN1CCN(c2ccc(C#N)c(CN3CCN(Cc4ccc(Cl)c(C)c4)CC3)c2)CC1. The van der Waals surface area contributed by atoms with Crippen molar-refractivity contribution in [1.82, 2.24) is 14.7 Å². The van der Waals surface area contributed by atoms with Crippen LogP contribution in [0.15, 0.2) is 36.4 Å². The third-order valence-electron chi connectivity index (χ3n) is 6.88. The second-order valence-electron chi connectivity index (χ2n) is 9.01. The second kappa shape index (κ2) is 10.7. The van der Waals surface area contributed by atoms with Crippen LogP contribution in [-0.2, 0) is 13.1 Å². The lowest BCUT2D eigenvalue weighted by Gasteiger charge is -2.36. The zero-order valence-electron chi connectivity index (χ0n) is 19.4. The van der Waals surface area contributed by atoms with Crippen molar-refractivity contribution in [3.63, 3.8) is 0 Å². The monoisotopic (exact) mass is 451 g/mol. The Balaban J connectivity index is 1.35. The summed E-state index contributed by atoms with van der Waals surface area (Å²) < 4.78 is 0. The highest BCUT2D eigenvalue weighted by Crippen LogP contribution is 2.23. The fourth-order valence-corrected chi connectivity index (χ4v) is 4.87. The summed E-state index contributed by atoms with van der Waals surface area (Å²) >= 11 is 6.17. The highest BCUT2D eigenvalue weighted by atomic mass is 35.5. The molecule has 0 saturated carbocycles. The number of anilines is 1. The van der Waals surface area contributed by atoms with Crippen LogP contribution in [0.4, 0.5) is 5.69 Å². The molecule has 0 aromatic heterocycles. The number of benzene rings is 2. The van der Waals surface area contributed by atoms with Crippen molar-refractivity contribution in [2.45, 2.75) is 26.9 Å². The number of rotatable bonds is 6. The smallest absolute Gasteiger partial charge is 0.0995 e. The minimum atomic E-state index is 0.806. The first-order valence-electron chi connectivity index (χ1n) is 11.8. The van der Waals surface area contributed by atoms with E-state index >= 15 is 0 Å². The molecule has 6 heteroatoms. The molecule has 5 nitrogen and oxygen atoms in total. The Bertz CT molecular complexity index is 953. The van der Waals surface area contributed by atoms with Gasteiger partial charge in [0.1, 0.15) is 0 Å². The molecule has 32 heavy (non-hydrogen) atoms. The molecule has 2 aromatic rings. The highest BCUT2D eigenvalue weighted by Gasteiger charge is 2.20. The summed E-state index contributed by atoms with van der Waals surface area (Å²) in [5.74, 6) is 0. The molecule has 2 aromatic carbocycles. The van der Waals surface area contributed by atoms with Gasteiger partial charge in [-0.25, -0.2) is 0 Å². The van der Waals surface area contributed by atoms with Crippen molar-refractivity contribution in [2.75, 3.05) is 63.8 Å². The van der Waals surface area contributed by atoms with Gasteiger partial charge >= 0.3 is 0 Å². The highest BCUT2D eigenvalue weighted by molar-refractivity contribution is 6.31. The van der Waals surface area contributed by atoms with E-state index in [4.69, 9.17) is 11.6 Å². The van der Waals surface area contributed by atoms with E-state index < -0.39 is 0 Å². The first kappa shape index (κ1) is 23.1. The lowest BCUT2D eigenvalue weighted by molar-refractivity contribution is 0.122. The summed E-state index contributed by atoms with van der Waals surface area (Å²) in [6.45, 7) is 15.7. The molecule has 0 atom stereocenters. The van der Waals surface area contributed by atoms with Gasteiger partial charge in [0, 0.05) is 76.2 Å². The number of nitriles is 1. The summed E-state index contributed by atoms with van der Waals surface area (Å²) in [5, 5.41) is 10.5. The van der Waals surface area contributed by atoms with Crippen LogP contribution in [0.3, 0.4) is 0 Å². The van der Waals surface area contributed by atoms with Gasteiger partial charge in [-0.1, -0.05) is 30.7 Å². The van der Waals surface area contributed by atoms with Crippen LogP contribution in [0.25, 0.3) is 0 Å².